The van der Waals surface area contributed by atoms with Crippen LogP contribution in [0.3, 0.4) is 0 Å². The number of allylic oxidation sites excluding steroid dienone is 1. The average molecular weight is 591 g/mol. The van der Waals surface area contributed by atoms with Crippen LogP contribution in [0.1, 0.15) is 31.5 Å². The smallest absolute Gasteiger partial charge is 0.219 e. The number of aliphatic imine (C=N–C) groups is 1. The van der Waals surface area contributed by atoms with Crippen LogP contribution in [0.2, 0.25) is 0 Å². The van der Waals surface area contributed by atoms with Gasteiger partial charge in [-0.1, -0.05) is 24.3 Å². The molecule has 3 aliphatic rings. The van der Waals surface area contributed by atoms with E-state index < -0.39 is 5.66 Å². The van der Waals surface area contributed by atoms with Crippen molar-refractivity contribution in [2.24, 2.45) is 19.1 Å². The van der Waals surface area contributed by atoms with Crippen molar-refractivity contribution in [3.63, 3.8) is 0 Å². The van der Waals surface area contributed by atoms with Crippen LogP contribution in [0.15, 0.2) is 65.4 Å². The molecule has 0 spiro atoms. The average Bonchev–Trinajstić information content (AvgIpc) is 3.71. The first-order valence-corrected chi connectivity index (χ1v) is 15.2. The number of aromatic nitrogens is 4. The second kappa shape index (κ2) is 10.7. The molecule has 1 atom stereocenters. The predicted octanol–water partition coefficient (Wildman–Crippen LogP) is 4.78. The van der Waals surface area contributed by atoms with E-state index in [9.17, 15) is 4.79 Å². The van der Waals surface area contributed by atoms with Crippen molar-refractivity contribution in [2.75, 3.05) is 43.5 Å². The van der Waals surface area contributed by atoms with E-state index in [0.29, 0.717) is 0 Å². The summed E-state index contributed by atoms with van der Waals surface area (Å²) in [5, 5.41) is 13.1. The third kappa shape index (κ3) is 4.74. The number of amides is 1. The molecule has 0 saturated carbocycles. The molecule has 1 aliphatic carbocycles. The number of nitrogens with zero attached hydrogens (tertiary/aromatic N) is 7. The van der Waals surface area contributed by atoms with Crippen LogP contribution in [0.4, 0.5) is 11.4 Å². The van der Waals surface area contributed by atoms with Gasteiger partial charge in [-0.2, -0.15) is 10.2 Å². The minimum absolute atomic E-state index is 0.130. The highest BCUT2D eigenvalue weighted by molar-refractivity contribution is 6.03. The van der Waals surface area contributed by atoms with Gasteiger partial charge in [0.25, 0.3) is 0 Å². The van der Waals surface area contributed by atoms with E-state index in [1.54, 1.807) is 14.0 Å². The lowest BCUT2D eigenvalue weighted by molar-refractivity contribution is -0.129. The third-order valence-electron chi connectivity index (χ3n) is 9.14. The summed E-state index contributed by atoms with van der Waals surface area (Å²) < 4.78 is 9.73. The van der Waals surface area contributed by atoms with Crippen molar-refractivity contribution in [1.29, 1.82) is 0 Å². The molecule has 10 heteroatoms. The molecular formula is C34H38N8O2. The second-order valence-corrected chi connectivity index (χ2v) is 12.0. The first-order valence-electron chi connectivity index (χ1n) is 15.2. The summed E-state index contributed by atoms with van der Waals surface area (Å²) in [4.78, 5) is 21.0. The Labute approximate surface area is 257 Å². The minimum atomic E-state index is -0.695. The van der Waals surface area contributed by atoms with Crippen molar-refractivity contribution >= 4 is 29.1 Å². The Bertz CT molecular complexity index is 1810. The van der Waals surface area contributed by atoms with Crippen LogP contribution in [0.5, 0.6) is 5.75 Å². The number of carbonyl (C=O) groups is 1. The zero-order valence-corrected chi connectivity index (χ0v) is 26.0. The van der Waals surface area contributed by atoms with Gasteiger partial charge in [0, 0.05) is 93.6 Å². The van der Waals surface area contributed by atoms with Gasteiger partial charge in [0.1, 0.15) is 5.75 Å². The molecule has 226 valence electrons. The maximum Gasteiger partial charge on any atom is 0.219 e. The van der Waals surface area contributed by atoms with E-state index in [0.717, 1.165) is 89.8 Å². The lowest BCUT2D eigenvalue weighted by Crippen LogP contribution is -2.48. The topological polar surface area (TPSA) is 92.8 Å². The number of carbonyl (C=O) groups excluding carboxylic acids is 1. The number of rotatable bonds is 6. The number of hydrogen-bond donors (Lipinski definition) is 1. The van der Waals surface area contributed by atoms with Gasteiger partial charge in [0.2, 0.25) is 5.91 Å². The number of methoxy groups -OCH3 is 1. The molecule has 1 N–H and O–H groups in total. The lowest BCUT2D eigenvalue weighted by atomic mass is 9.82. The Kier molecular flexibility index (Phi) is 6.79. The summed E-state index contributed by atoms with van der Waals surface area (Å²) in [5.74, 6) is 0.889. The SMILES string of the molecule is COc1cc(N2CCN(C(C)=O)CC2)ccc1NC1(C)N=CC2=C1c1c(nn(C)c1-c1ccc(-c3cnn(C)c3)cc1)CC2. The van der Waals surface area contributed by atoms with Gasteiger partial charge in [0.05, 0.1) is 30.4 Å². The zero-order chi connectivity index (χ0) is 30.6. The normalized spacial score (nSPS) is 19.3. The molecule has 1 saturated heterocycles. The Hall–Kier alpha value is -4.86. The van der Waals surface area contributed by atoms with E-state index in [2.05, 4.69) is 64.7 Å². The summed E-state index contributed by atoms with van der Waals surface area (Å²) in [7, 11) is 5.67. The van der Waals surface area contributed by atoms with Crippen LogP contribution >= 0.6 is 0 Å². The van der Waals surface area contributed by atoms with Crippen LogP contribution < -0.4 is 15.0 Å². The van der Waals surface area contributed by atoms with E-state index in [1.165, 1.54) is 11.1 Å². The van der Waals surface area contributed by atoms with E-state index in [1.807, 2.05) is 47.0 Å². The molecule has 10 nitrogen and oxygen atoms in total. The molecule has 0 bridgehead atoms. The monoisotopic (exact) mass is 590 g/mol. The molecule has 2 aromatic heterocycles. The first kappa shape index (κ1) is 27.9. The van der Waals surface area contributed by atoms with Crippen molar-refractivity contribution in [3.8, 4) is 28.1 Å². The van der Waals surface area contributed by atoms with E-state index in [-0.39, 0.29) is 5.91 Å². The quantitative estimate of drug-likeness (QED) is 0.348. The highest BCUT2D eigenvalue weighted by Crippen LogP contribution is 2.48. The molecule has 4 aromatic rings. The molecule has 4 heterocycles. The van der Waals surface area contributed by atoms with Crippen LogP contribution in [-0.4, -0.2) is 75.5 Å². The summed E-state index contributed by atoms with van der Waals surface area (Å²) in [6.07, 6.45) is 7.73. The summed E-state index contributed by atoms with van der Waals surface area (Å²) in [6, 6.07) is 14.9. The Balaban J connectivity index is 1.19. The van der Waals surface area contributed by atoms with Crippen LogP contribution in [-0.2, 0) is 25.3 Å². The van der Waals surface area contributed by atoms with Crippen molar-refractivity contribution in [2.45, 2.75) is 32.4 Å². The molecule has 0 radical (unpaired) electrons. The Morgan fingerprint density at radius 3 is 2.41 bits per heavy atom. The molecule has 2 aromatic carbocycles. The first-order chi connectivity index (χ1) is 21.2. The molecule has 1 fully saturated rings. The minimum Gasteiger partial charge on any atom is -0.495 e. The van der Waals surface area contributed by atoms with E-state index in [4.69, 9.17) is 14.8 Å². The van der Waals surface area contributed by atoms with Crippen molar-refractivity contribution < 1.29 is 9.53 Å². The summed E-state index contributed by atoms with van der Waals surface area (Å²) in [6.45, 7) is 6.81. The van der Waals surface area contributed by atoms with Gasteiger partial charge in [-0.3, -0.25) is 19.2 Å². The molecular weight excluding hydrogens is 552 g/mol. The molecule has 2 aliphatic heterocycles. The highest BCUT2D eigenvalue weighted by Gasteiger charge is 2.41. The standard InChI is InChI=1S/C34H38N8O2/c1-22(43)41-14-16-42(17-15-41)27-11-13-28(30(18-27)44-5)37-34(2)32-25(19-35-34)10-12-29-31(32)33(40(4)38-29)24-8-6-23(7-9-24)26-20-36-39(3)21-26/h6-9,11,13,18-21,37H,10,12,14-17H2,1-5H3. The van der Waals surface area contributed by atoms with Gasteiger partial charge in [-0.15, -0.1) is 0 Å². The number of piperazine rings is 1. The van der Waals surface area contributed by atoms with Gasteiger partial charge in [0.15, 0.2) is 5.66 Å². The molecule has 1 unspecified atom stereocenters. The van der Waals surface area contributed by atoms with Gasteiger partial charge < -0.3 is 19.9 Å². The van der Waals surface area contributed by atoms with Crippen molar-refractivity contribution in [1.82, 2.24) is 24.5 Å². The number of benzene rings is 2. The fraction of sp³-hybridized carbons (Fsp3) is 0.353. The number of hydrogen-bond acceptors (Lipinski definition) is 7. The highest BCUT2D eigenvalue weighted by atomic mass is 16.5. The largest absolute Gasteiger partial charge is 0.495 e. The van der Waals surface area contributed by atoms with Gasteiger partial charge in [-0.25, -0.2) is 0 Å². The summed E-state index contributed by atoms with van der Waals surface area (Å²) >= 11 is 0. The summed E-state index contributed by atoms with van der Waals surface area (Å²) in [5.41, 5.74) is 10.4. The zero-order valence-electron chi connectivity index (χ0n) is 26.0. The third-order valence-corrected chi connectivity index (χ3v) is 9.14. The Morgan fingerprint density at radius 2 is 1.73 bits per heavy atom. The molecule has 7 rings (SSSR count). The van der Waals surface area contributed by atoms with Crippen LogP contribution in [0, 0.1) is 0 Å². The Morgan fingerprint density at radius 1 is 0.977 bits per heavy atom. The number of anilines is 2. The molecule has 1 amide bonds. The number of aryl methyl sites for hydroxylation is 3. The van der Waals surface area contributed by atoms with Gasteiger partial charge >= 0.3 is 0 Å². The maximum atomic E-state index is 11.8. The van der Waals surface area contributed by atoms with Crippen molar-refractivity contribution in [3.05, 3.63) is 71.7 Å². The number of ether oxygens (including phenoxy) is 1. The predicted molar refractivity (Wildman–Crippen MR) is 174 cm³/mol. The van der Waals surface area contributed by atoms with Crippen LogP contribution in [0.25, 0.3) is 28.0 Å². The van der Waals surface area contributed by atoms with E-state index >= 15 is 0 Å². The maximum absolute atomic E-state index is 11.8. The lowest BCUT2D eigenvalue weighted by Gasteiger charge is -2.36. The van der Waals surface area contributed by atoms with Gasteiger partial charge in [-0.05, 0) is 43.0 Å². The molecule has 44 heavy (non-hydrogen) atoms. The second-order valence-electron chi connectivity index (χ2n) is 12.0. The number of fused-ring (bicyclic) bond motifs is 2. The fourth-order valence-electron chi connectivity index (χ4n) is 6.85. The number of nitrogens with one attached hydrogen (secondary N) is 1. The fourth-order valence-corrected chi connectivity index (χ4v) is 6.85.